The van der Waals surface area contributed by atoms with Gasteiger partial charge in [0.15, 0.2) is 6.23 Å². The van der Waals surface area contributed by atoms with Crippen LogP contribution in [0.25, 0.3) is 10.6 Å². The van der Waals surface area contributed by atoms with E-state index in [4.69, 9.17) is 15.2 Å². The van der Waals surface area contributed by atoms with Crippen molar-refractivity contribution in [3.63, 3.8) is 0 Å². The molecule has 2 saturated heterocycles. The third kappa shape index (κ3) is 5.11. The Balaban J connectivity index is 1.35. The van der Waals surface area contributed by atoms with Crippen LogP contribution in [0.3, 0.4) is 0 Å². The highest BCUT2D eigenvalue weighted by molar-refractivity contribution is 7.13. The number of benzene rings is 1. The van der Waals surface area contributed by atoms with Crippen LogP contribution >= 0.6 is 11.3 Å². The number of nitrogens with one attached hydrogen (secondary N) is 1. The molecule has 0 radical (unpaired) electrons. The number of aliphatic hydroxyl groups excluding tert-OH is 1. The standard InChI is InChI=1S/C24H28F3N5O4S/c1-32-21(19-3-2-16(28)15(27)9-36-19)17(8-29-32)30-22(33)18-10-37-23(31-18)20-13(25)6-12(7-14(20)26)24(34)4-5-35-11-24/h6-8,10,15-16,19,22,30,33-34H,2-5,9,11,28H2,1H3/t15-,16-,19+,22?,24?/m1/s1. The first kappa shape index (κ1) is 26.1. The number of nitrogens with two attached hydrogens (primary N) is 1. The van der Waals surface area contributed by atoms with E-state index in [0.717, 1.165) is 23.5 Å². The Morgan fingerprint density at radius 3 is 2.76 bits per heavy atom. The summed E-state index contributed by atoms with van der Waals surface area (Å²) in [5.41, 5.74) is 5.36. The first-order valence-electron chi connectivity index (χ1n) is 11.9. The van der Waals surface area contributed by atoms with E-state index < -0.39 is 41.8 Å². The molecule has 0 amide bonds. The van der Waals surface area contributed by atoms with Crippen molar-refractivity contribution in [2.24, 2.45) is 12.8 Å². The van der Waals surface area contributed by atoms with Gasteiger partial charge in [0.05, 0.1) is 36.4 Å². The molecule has 5 rings (SSSR count). The van der Waals surface area contributed by atoms with E-state index in [1.165, 1.54) is 11.6 Å². The number of alkyl halides is 1. The fourth-order valence-electron chi connectivity index (χ4n) is 4.67. The lowest BCUT2D eigenvalue weighted by molar-refractivity contribution is 0.0227. The highest BCUT2D eigenvalue weighted by atomic mass is 32.1. The topological polar surface area (TPSA) is 128 Å². The highest BCUT2D eigenvalue weighted by Crippen LogP contribution is 2.37. The summed E-state index contributed by atoms with van der Waals surface area (Å²) in [5, 5.41) is 30.1. The summed E-state index contributed by atoms with van der Waals surface area (Å²) in [6, 6.07) is 1.56. The van der Waals surface area contributed by atoms with E-state index in [9.17, 15) is 23.4 Å². The minimum Gasteiger partial charge on any atom is -0.383 e. The van der Waals surface area contributed by atoms with Gasteiger partial charge in [-0.05, 0) is 30.5 Å². The summed E-state index contributed by atoms with van der Waals surface area (Å²) in [4.78, 5) is 4.24. The lowest BCUT2D eigenvalue weighted by atomic mass is 9.92. The van der Waals surface area contributed by atoms with Crippen LogP contribution in [0.5, 0.6) is 0 Å². The molecule has 0 saturated carbocycles. The Labute approximate surface area is 215 Å². The van der Waals surface area contributed by atoms with Gasteiger partial charge in [0.25, 0.3) is 0 Å². The molecule has 37 heavy (non-hydrogen) atoms. The van der Waals surface area contributed by atoms with Crippen LogP contribution in [-0.2, 0) is 22.1 Å². The zero-order valence-corrected chi connectivity index (χ0v) is 20.8. The number of aryl methyl sites for hydroxylation is 1. The van der Waals surface area contributed by atoms with Crippen LogP contribution in [0.4, 0.5) is 18.9 Å². The minimum absolute atomic E-state index is 0.0338. The van der Waals surface area contributed by atoms with E-state index in [2.05, 4.69) is 15.4 Å². The van der Waals surface area contributed by atoms with E-state index >= 15 is 0 Å². The predicted octanol–water partition coefficient (Wildman–Crippen LogP) is 3.05. The molecule has 2 unspecified atom stereocenters. The molecule has 5 N–H and O–H groups in total. The van der Waals surface area contributed by atoms with Gasteiger partial charge in [-0.25, -0.2) is 18.2 Å². The van der Waals surface area contributed by atoms with E-state index in [-0.39, 0.29) is 41.5 Å². The van der Waals surface area contributed by atoms with Gasteiger partial charge >= 0.3 is 0 Å². The molecule has 1 aromatic carbocycles. The molecule has 4 heterocycles. The van der Waals surface area contributed by atoms with Crippen LogP contribution in [0, 0.1) is 11.6 Å². The van der Waals surface area contributed by atoms with E-state index in [0.29, 0.717) is 30.8 Å². The van der Waals surface area contributed by atoms with Gasteiger partial charge in [0.1, 0.15) is 40.2 Å². The predicted molar refractivity (Wildman–Crippen MR) is 129 cm³/mol. The van der Waals surface area contributed by atoms with Crippen LogP contribution in [0.2, 0.25) is 0 Å². The SMILES string of the molecule is Cn1ncc(NC(O)c2csc(-c3c(F)cc(C4(O)CCOC4)cc3F)n2)c1[C@@H]1CC[C@@H](N)[C@H](F)CO1. The molecule has 0 aliphatic carbocycles. The Hall–Kier alpha value is -2.55. The number of aromatic nitrogens is 3. The van der Waals surface area contributed by atoms with Crippen molar-refractivity contribution < 1.29 is 32.9 Å². The van der Waals surface area contributed by atoms with E-state index in [1.807, 2.05) is 0 Å². The molecule has 3 aromatic rings. The largest absolute Gasteiger partial charge is 0.383 e. The second-order valence-electron chi connectivity index (χ2n) is 9.42. The Morgan fingerprint density at radius 2 is 2.05 bits per heavy atom. The summed E-state index contributed by atoms with van der Waals surface area (Å²) >= 11 is 0.968. The molecule has 0 spiro atoms. The van der Waals surface area contributed by atoms with Crippen molar-refractivity contribution in [2.45, 2.75) is 49.4 Å². The van der Waals surface area contributed by atoms with Gasteiger partial charge in [-0.3, -0.25) is 4.68 Å². The van der Waals surface area contributed by atoms with Gasteiger partial charge < -0.3 is 30.7 Å². The van der Waals surface area contributed by atoms with E-state index in [1.54, 1.807) is 11.7 Å². The Bertz CT molecular complexity index is 1230. The third-order valence-electron chi connectivity index (χ3n) is 6.86. The summed E-state index contributed by atoms with van der Waals surface area (Å²) in [6.07, 6.45) is -0.426. The fraction of sp³-hybridized carbons (Fsp3) is 0.500. The number of aliphatic hydroxyl groups is 2. The molecule has 2 aliphatic heterocycles. The average molecular weight is 540 g/mol. The summed E-state index contributed by atoms with van der Waals surface area (Å²) in [7, 11) is 1.71. The third-order valence-corrected chi connectivity index (χ3v) is 7.74. The van der Waals surface area contributed by atoms with Gasteiger partial charge in [-0.2, -0.15) is 5.10 Å². The average Bonchev–Trinajstić information content (AvgIpc) is 3.58. The van der Waals surface area contributed by atoms with Crippen molar-refractivity contribution in [3.8, 4) is 10.6 Å². The molecule has 2 fully saturated rings. The van der Waals surface area contributed by atoms with Crippen LogP contribution < -0.4 is 11.1 Å². The zero-order chi connectivity index (χ0) is 26.3. The first-order valence-corrected chi connectivity index (χ1v) is 12.8. The van der Waals surface area contributed by atoms with Gasteiger partial charge in [0, 0.05) is 31.5 Å². The number of halogens is 3. The van der Waals surface area contributed by atoms with Crippen molar-refractivity contribution >= 4 is 17.0 Å². The second-order valence-corrected chi connectivity index (χ2v) is 10.3. The normalized spacial score (nSPS) is 27.3. The number of thiazole rings is 1. The Morgan fingerprint density at radius 1 is 1.30 bits per heavy atom. The van der Waals surface area contributed by atoms with Crippen molar-refractivity contribution in [1.29, 1.82) is 0 Å². The van der Waals surface area contributed by atoms with Gasteiger partial charge in [-0.1, -0.05) is 0 Å². The number of nitrogens with zero attached hydrogens (tertiary/aromatic N) is 3. The smallest absolute Gasteiger partial charge is 0.169 e. The maximum atomic E-state index is 15.0. The molecule has 13 heteroatoms. The molecule has 0 bridgehead atoms. The van der Waals surface area contributed by atoms with Gasteiger partial charge in [0.2, 0.25) is 0 Å². The maximum absolute atomic E-state index is 15.0. The number of hydrogen-bond acceptors (Lipinski definition) is 9. The molecule has 2 aliphatic rings. The number of rotatable bonds is 6. The molecular formula is C24H28F3N5O4S. The molecule has 2 aromatic heterocycles. The number of hydrogen-bond donors (Lipinski definition) is 4. The fourth-order valence-corrected chi connectivity index (χ4v) is 5.56. The molecule has 9 nitrogen and oxygen atoms in total. The molecule has 200 valence electrons. The van der Waals surface area contributed by atoms with Crippen molar-refractivity contribution in [1.82, 2.24) is 14.8 Å². The minimum atomic E-state index is -1.44. The van der Waals surface area contributed by atoms with Crippen molar-refractivity contribution in [2.75, 3.05) is 25.1 Å². The van der Waals surface area contributed by atoms with Crippen molar-refractivity contribution in [3.05, 3.63) is 52.3 Å². The lowest BCUT2D eigenvalue weighted by Crippen LogP contribution is -2.32. The molecular weight excluding hydrogens is 511 g/mol. The zero-order valence-electron chi connectivity index (χ0n) is 20.0. The Kier molecular flexibility index (Phi) is 7.27. The van der Waals surface area contributed by atoms with Crippen LogP contribution in [0.1, 0.15) is 48.5 Å². The summed E-state index contributed by atoms with van der Waals surface area (Å²) < 4.78 is 56.4. The summed E-state index contributed by atoms with van der Waals surface area (Å²) in [5.74, 6) is -1.74. The quantitative estimate of drug-likeness (QED) is 0.352. The summed E-state index contributed by atoms with van der Waals surface area (Å²) in [6.45, 7) is 0.125. The number of anilines is 1. The van der Waals surface area contributed by atoms with Gasteiger partial charge in [-0.15, -0.1) is 11.3 Å². The first-order chi connectivity index (χ1) is 17.7. The highest BCUT2D eigenvalue weighted by Gasteiger charge is 2.36. The second kappa shape index (κ2) is 10.3. The molecule has 5 atom stereocenters. The maximum Gasteiger partial charge on any atom is 0.169 e. The lowest BCUT2D eigenvalue weighted by Gasteiger charge is -2.21. The van der Waals surface area contributed by atoms with Crippen LogP contribution in [-0.4, -0.2) is 57.0 Å². The van der Waals surface area contributed by atoms with Crippen LogP contribution in [0.15, 0.2) is 23.7 Å². The number of ether oxygens (including phenoxy) is 2. The monoisotopic (exact) mass is 539 g/mol.